The molecule has 4 bridgehead atoms. The molecule has 0 spiro atoms. The number of rotatable bonds is 1. The average Bonchev–Trinajstić information content (AvgIpc) is 2.02. The molecule has 68 valence electrons. The van der Waals surface area contributed by atoms with Crippen LogP contribution < -0.4 is 0 Å². The van der Waals surface area contributed by atoms with Gasteiger partial charge in [0.05, 0.1) is 6.61 Å². The minimum Gasteiger partial charge on any atom is -0.395 e. The van der Waals surface area contributed by atoms with E-state index in [-0.39, 0.29) is 0 Å². The molecule has 2 nitrogen and oxygen atoms in total. The summed E-state index contributed by atoms with van der Waals surface area (Å²) in [5, 5.41) is 9.26. The predicted octanol–water partition coefficient (Wildman–Crippen LogP) is 0.709. The summed E-state index contributed by atoms with van der Waals surface area (Å²) in [5.41, 5.74) is 0. The van der Waals surface area contributed by atoms with Crippen LogP contribution in [-0.4, -0.2) is 35.7 Å². The zero-order chi connectivity index (χ0) is 8.13. The van der Waals surface area contributed by atoms with Crippen LogP contribution in [0.15, 0.2) is 0 Å². The molecule has 4 fully saturated rings. The van der Waals surface area contributed by atoms with Gasteiger partial charge in [0.1, 0.15) is 0 Å². The van der Waals surface area contributed by atoms with Crippen LogP contribution in [0, 0.1) is 17.8 Å². The van der Waals surface area contributed by atoms with E-state index in [0.29, 0.717) is 12.6 Å². The van der Waals surface area contributed by atoms with Crippen molar-refractivity contribution in [3.05, 3.63) is 0 Å². The van der Waals surface area contributed by atoms with Crippen LogP contribution in [0.1, 0.15) is 19.3 Å². The highest BCUT2D eigenvalue weighted by molar-refractivity contribution is 4.99. The first-order chi connectivity index (χ1) is 5.86. The minimum atomic E-state index is 0.393. The van der Waals surface area contributed by atoms with Crippen molar-refractivity contribution in [2.75, 3.05) is 19.7 Å². The Bertz CT molecular complexity index is 164. The lowest BCUT2D eigenvalue weighted by Crippen LogP contribution is -2.60. The van der Waals surface area contributed by atoms with Crippen molar-refractivity contribution in [3.63, 3.8) is 0 Å². The predicted molar refractivity (Wildman–Crippen MR) is 46.8 cm³/mol. The second kappa shape index (κ2) is 2.46. The van der Waals surface area contributed by atoms with E-state index in [2.05, 4.69) is 4.90 Å². The second-order valence-corrected chi connectivity index (χ2v) is 4.90. The van der Waals surface area contributed by atoms with Gasteiger partial charge in [-0.2, -0.15) is 0 Å². The van der Waals surface area contributed by atoms with Crippen molar-refractivity contribution in [2.24, 2.45) is 17.8 Å². The van der Waals surface area contributed by atoms with Crippen LogP contribution in [0.3, 0.4) is 0 Å². The summed E-state index contributed by atoms with van der Waals surface area (Å²) in [7, 11) is 0. The maximum absolute atomic E-state index is 9.26. The lowest BCUT2D eigenvalue weighted by Gasteiger charge is -2.56. The minimum absolute atomic E-state index is 0.393. The van der Waals surface area contributed by atoms with Gasteiger partial charge in [-0.1, -0.05) is 0 Å². The van der Waals surface area contributed by atoms with Crippen molar-refractivity contribution >= 4 is 0 Å². The highest BCUT2D eigenvalue weighted by Crippen LogP contribution is 2.46. The molecule has 2 heteroatoms. The van der Waals surface area contributed by atoms with Crippen molar-refractivity contribution in [2.45, 2.75) is 25.3 Å². The van der Waals surface area contributed by atoms with Gasteiger partial charge >= 0.3 is 0 Å². The third-order valence-corrected chi connectivity index (χ3v) is 4.12. The van der Waals surface area contributed by atoms with Gasteiger partial charge in [-0.05, 0) is 37.0 Å². The summed E-state index contributed by atoms with van der Waals surface area (Å²) < 4.78 is 0. The summed E-state index contributed by atoms with van der Waals surface area (Å²) in [4.78, 5) is 2.54. The maximum Gasteiger partial charge on any atom is 0.0589 e. The summed E-state index contributed by atoms with van der Waals surface area (Å²) in [5.74, 6) is 2.79. The number of aliphatic hydroxyl groups excluding tert-OH is 1. The van der Waals surface area contributed by atoms with Crippen LogP contribution >= 0.6 is 0 Å². The topological polar surface area (TPSA) is 23.5 Å². The van der Waals surface area contributed by atoms with E-state index in [1.165, 1.54) is 32.4 Å². The van der Waals surface area contributed by atoms with Crippen molar-refractivity contribution < 1.29 is 5.11 Å². The second-order valence-electron chi connectivity index (χ2n) is 4.90. The van der Waals surface area contributed by atoms with E-state index >= 15 is 0 Å². The van der Waals surface area contributed by atoms with Gasteiger partial charge in [-0.25, -0.2) is 0 Å². The van der Waals surface area contributed by atoms with Gasteiger partial charge in [0.15, 0.2) is 0 Å². The molecule has 1 aliphatic carbocycles. The summed E-state index contributed by atoms with van der Waals surface area (Å²) in [6.07, 6.45) is 4.28. The Morgan fingerprint density at radius 3 is 2.25 bits per heavy atom. The molecular formula is C10H17NO. The zero-order valence-electron chi connectivity index (χ0n) is 7.45. The first-order valence-corrected chi connectivity index (χ1v) is 5.21. The third-order valence-electron chi connectivity index (χ3n) is 4.12. The Hall–Kier alpha value is -0.0800. The number of nitrogens with zero attached hydrogens (tertiary/aromatic N) is 1. The quantitative estimate of drug-likeness (QED) is 0.621. The zero-order valence-corrected chi connectivity index (χ0v) is 7.45. The number of hydrogen-bond donors (Lipinski definition) is 1. The summed E-state index contributed by atoms with van der Waals surface area (Å²) in [6, 6.07) is 0.526. The SMILES string of the molecule is OCC1C2CC3CC(C2)CN1C3. The lowest BCUT2D eigenvalue weighted by molar-refractivity contribution is -0.0807. The Morgan fingerprint density at radius 1 is 1.08 bits per heavy atom. The fraction of sp³-hybridized carbons (Fsp3) is 1.00. The Morgan fingerprint density at radius 2 is 1.75 bits per heavy atom. The Balaban J connectivity index is 1.86. The van der Waals surface area contributed by atoms with Crippen molar-refractivity contribution in [1.82, 2.24) is 4.90 Å². The molecule has 1 saturated carbocycles. The molecule has 3 atom stereocenters. The molecule has 4 rings (SSSR count). The Labute approximate surface area is 73.6 Å². The van der Waals surface area contributed by atoms with Gasteiger partial charge < -0.3 is 5.11 Å². The molecule has 0 radical (unpaired) electrons. The molecule has 0 aromatic heterocycles. The molecule has 3 aliphatic heterocycles. The van der Waals surface area contributed by atoms with E-state index in [0.717, 1.165) is 17.8 Å². The standard InChI is InChI=1S/C10H17NO/c12-6-10-9-2-7-1-8(3-9)5-11(10)4-7/h7-10,12H,1-6H2. The molecule has 0 aromatic carbocycles. The van der Waals surface area contributed by atoms with E-state index in [4.69, 9.17) is 0 Å². The van der Waals surface area contributed by atoms with E-state index < -0.39 is 0 Å². The molecule has 3 heterocycles. The fourth-order valence-corrected chi connectivity index (χ4v) is 3.80. The number of aliphatic hydroxyl groups is 1. The first-order valence-electron chi connectivity index (χ1n) is 5.21. The maximum atomic E-state index is 9.26. The van der Waals surface area contributed by atoms with Crippen molar-refractivity contribution in [3.8, 4) is 0 Å². The van der Waals surface area contributed by atoms with E-state index in [9.17, 15) is 5.11 Å². The molecule has 0 aromatic rings. The molecule has 4 aliphatic rings. The van der Waals surface area contributed by atoms with Gasteiger partial charge in [0, 0.05) is 19.1 Å². The molecule has 12 heavy (non-hydrogen) atoms. The van der Waals surface area contributed by atoms with Crippen LogP contribution in [0.5, 0.6) is 0 Å². The van der Waals surface area contributed by atoms with E-state index in [1.807, 2.05) is 0 Å². The lowest BCUT2D eigenvalue weighted by atomic mass is 9.65. The molecule has 1 N–H and O–H groups in total. The molecular weight excluding hydrogens is 150 g/mol. The van der Waals surface area contributed by atoms with Gasteiger partial charge in [0.25, 0.3) is 0 Å². The van der Waals surface area contributed by atoms with E-state index in [1.54, 1.807) is 0 Å². The normalized spacial score (nSPS) is 56.2. The number of piperidine rings is 3. The van der Waals surface area contributed by atoms with Gasteiger partial charge in [-0.3, -0.25) is 4.90 Å². The summed E-state index contributed by atoms with van der Waals surface area (Å²) >= 11 is 0. The van der Waals surface area contributed by atoms with Crippen LogP contribution in [0.4, 0.5) is 0 Å². The van der Waals surface area contributed by atoms with Crippen molar-refractivity contribution in [1.29, 1.82) is 0 Å². The summed E-state index contributed by atoms with van der Waals surface area (Å²) in [6.45, 7) is 2.94. The monoisotopic (exact) mass is 167 g/mol. The molecule has 0 amide bonds. The van der Waals surface area contributed by atoms with Crippen LogP contribution in [-0.2, 0) is 0 Å². The smallest absolute Gasteiger partial charge is 0.0589 e. The third kappa shape index (κ3) is 0.882. The highest BCUT2D eigenvalue weighted by atomic mass is 16.3. The van der Waals surface area contributed by atoms with Gasteiger partial charge in [0.2, 0.25) is 0 Å². The Kier molecular flexibility index (Phi) is 1.50. The first kappa shape index (κ1) is 7.34. The van der Waals surface area contributed by atoms with Crippen LogP contribution in [0.2, 0.25) is 0 Å². The fourth-order valence-electron chi connectivity index (χ4n) is 3.80. The van der Waals surface area contributed by atoms with Gasteiger partial charge in [-0.15, -0.1) is 0 Å². The molecule has 3 unspecified atom stereocenters. The highest BCUT2D eigenvalue weighted by Gasteiger charge is 2.46. The largest absolute Gasteiger partial charge is 0.395 e. The molecule has 3 saturated heterocycles. The average molecular weight is 167 g/mol. The number of hydrogen-bond acceptors (Lipinski definition) is 2. The van der Waals surface area contributed by atoms with Crippen LogP contribution in [0.25, 0.3) is 0 Å².